The number of rotatable bonds is 7. The van der Waals surface area contributed by atoms with Crippen LogP contribution < -0.4 is 10.1 Å². The summed E-state index contributed by atoms with van der Waals surface area (Å²) in [6.07, 6.45) is 1.59. The van der Waals surface area contributed by atoms with Crippen LogP contribution in [0.15, 0.2) is 30.3 Å². The number of aromatic amines is 1. The van der Waals surface area contributed by atoms with E-state index in [9.17, 15) is 9.59 Å². The van der Waals surface area contributed by atoms with E-state index in [1.807, 2.05) is 18.2 Å². The molecule has 1 aliphatic rings. The molecule has 2 N–H and O–H groups in total. The van der Waals surface area contributed by atoms with Gasteiger partial charge >= 0.3 is 0 Å². The second-order valence-corrected chi connectivity index (χ2v) is 7.04. The average Bonchev–Trinajstić information content (AvgIpc) is 3.30. The molecule has 7 nitrogen and oxygen atoms in total. The molecule has 2 aromatic rings. The fourth-order valence-electron chi connectivity index (χ4n) is 3.07. The van der Waals surface area contributed by atoms with E-state index in [4.69, 9.17) is 16.3 Å². The van der Waals surface area contributed by atoms with Crippen molar-refractivity contribution in [2.75, 3.05) is 26.2 Å². The van der Waals surface area contributed by atoms with Crippen molar-refractivity contribution in [2.45, 2.75) is 25.7 Å². The molecule has 1 aliphatic heterocycles. The number of likely N-dealkylation sites (tertiary alicyclic amines) is 1. The number of nitrogens with zero attached hydrogens (tertiary/aromatic N) is 2. The van der Waals surface area contributed by atoms with Crippen LogP contribution >= 0.6 is 11.6 Å². The predicted octanol–water partition coefficient (Wildman–Crippen LogP) is 2.14. The van der Waals surface area contributed by atoms with Crippen LogP contribution in [-0.2, 0) is 16.0 Å². The van der Waals surface area contributed by atoms with Gasteiger partial charge in [-0.25, -0.2) is 0 Å². The summed E-state index contributed by atoms with van der Waals surface area (Å²) < 4.78 is 5.70. The molecule has 2 heterocycles. The molecule has 1 saturated heterocycles. The molecule has 27 heavy (non-hydrogen) atoms. The Morgan fingerprint density at radius 1 is 1.37 bits per heavy atom. The fourth-order valence-corrected chi connectivity index (χ4v) is 3.19. The highest BCUT2D eigenvalue weighted by molar-refractivity contribution is 6.30. The van der Waals surface area contributed by atoms with Crippen molar-refractivity contribution in [2.24, 2.45) is 0 Å². The number of hydrogen-bond donors (Lipinski definition) is 2. The number of ether oxygens (including phenoxy) is 1. The predicted molar refractivity (Wildman–Crippen MR) is 102 cm³/mol. The maximum absolute atomic E-state index is 12.1. The van der Waals surface area contributed by atoms with Gasteiger partial charge in [0.1, 0.15) is 5.75 Å². The molecule has 1 fully saturated rings. The monoisotopic (exact) mass is 390 g/mol. The maximum Gasteiger partial charge on any atom is 0.241 e. The Bertz CT molecular complexity index is 791. The van der Waals surface area contributed by atoms with Crippen molar-refractivity contribution in [1.29, 1.82) is 0 Å². The molecule has 1 aromatic heterocycles. The molecular weight excluding hydrogens is 368 g/mol. The van der Waals surface area contributed by atoms with E-state index in [0.29, 0.717) is 31.1 Å². The van der Waals surface area contributed by atoms with Gasteiger partial charge in [0, 0.05) is 43.1 Å². The van der Waals surface area contributed by atoms with Crippen molar-refractivity contribution < 1.29 is 14.3 Å². The van der Waals surface area contributed by atoms with Crippen molar-refractivity contribution in [3.63, 3.8) is 0 Å². The first-order valence-corrected chi connectivity index (χ1v) is 9.34. The number of H-pyrrole nitrogens is 1. The van der Waals surface area contributed by atoms with E-state index in [2.05, 4.69) is 15.5 Å². The number of halogens is 1. The Labute approximate surface area is 163 Å². The minimum atomic E-state index is -0.197. The zero-order valence-corrected chi connectivity index (χ0v) is 16.0. The van der Waals surface area contributed by atoms with Crippen LogP contribution in [0.1, 0.15) is 30.7 Å². The highest BCUT2D eigenvalue weighted by Gasteiger charge is 2.28. The van der Waals surface area contributed by atoms with Crippen LogP contribution in [0, 0.1) is 0 Å². The van der Waals surface area contributed by atoms with Gasteiger partial charge in [0.15, 0.2) is 0 Å². The molecule has 1 atom stereocenters. The normalized spacial score (nSPS) is 16.4. The third-order valence-corrected chi connectivity index (χ3v) is 4.80. The Hall–Kier alpha value is -2.54. The molecule has 2 amide bonds. The quantitative estimate of drug-likeness (QED) is 0.758. The van der Waals surface area contributed by atoms with Gasteiger partial charge in [-0.1, -0.05) is 11.6 Å². The Kier molecular flexibility index (Phi) is 6.34. The molecule has 144 valence electrons. The number of amides is 2. The van der Waals surface area contributed by atoms with Crippen molar-refractivity contribution in [3.8, 4) is 5.75 Å². The topological polar surface area (TPSA) is 87.3 Å². The molecule has 8 heteroatoms. The van der Waals surface area contributed by atoms with E-state index in [1.54, 1.807) is 17.0 Å². The smallest absolute Gasteiger partial charge is 0.241 e. The van der Waals surface area contributed by atoms with Gasteiger partial charge in [-0.15, -0.1) is 0 Å². The number of nitrogens with one attached hydrogen (secondary N) is 2. The molecule has 0 spiro atoms. The zero-order valence-electron chi connectivity index (χ0n) is 15.2. The van der Waals surface area contributed by atoms with E-state index in [-0.39, 0.29) is 24.3 Å². The molecule has 0 unspecified atom stereocenters. The Balaban J connectivity index is 1.45. The minimum absolute atomic E-state index is 0.0515. The first-order chi connectivity index (χ1) is 13.0. The highest BCUT2D eigenvalue weighted by Crippen LogP contribution is 2.26. The van der Waals surface area contributed by atoms with Gasteiger partial charge in [-0.2, -0.15) is 5.10 Å². The summed E-state index contributed by atoms with van der Waals surface area (Å²) in [4.78, 5) is 24.8. The van der Waals surface area contributed by atoms with E-state index in [0.717, 1.165) is 23.6 Å². The number of carbonyl (C=O) groups is 2. The lowest BCUT2D eigenvalue weighted by Crippen LogP contribution is -2.38. The molecule has 0 bridgehead atoms. The fraction of sp³-hybridized carbons (Fsp3) is 0.421. The number of aromatic nitrogens is 2. The van der Waals surface area contributed by atoms with Gasteiger partial charge in [0.2, 0.25) is 11.8 Å². The van der Waals surface area contributed by atoms with Gasteiger partial charge in [0.25, 0.3) is 0 Å². The third kappa shape index (κ3) is 5.47. The van der Waals surface area contributed by atoms with Crippen molar-refractivity contribution >= 4 is 23.4 Å². The van der Waals surface area contributed by atoms with E-state index in [1.165, 1.54) is 6.92 Å². The number of carbonyl (C=O) groups excluding carboxylic acids is 2. The van der Waals surface area contributed by atoms with E-state index >= 15 is 0 Å². The minimum Gasteiger partial charge on any atom is -0.493 e. The van der Waals surface area contributed by atoms with E-state index < -0.39 is 0 Å². The number of hydrogen-bond acceptors (Lipinski definition) is 4. The lowest BCUT2D eigenvalue weighted by molar-refractivity contribution is -0.131. The molecular formula is C19H23ClN4O3. The first kappa shape index (κ1) is 19.2. The molecule has 0 aliphatic carbocycles. The average molecular weight is 391 g/mol. The van der Waals surface area contributed by atoms with Crippen LogP contribution in [0.3, 0.4) is 0 Å². The highest BCUT2D eigenvalue weighted by atomic mass is 35.5. The van der Waals surface area contributed by atoms with Crippen molar-refractivity contribution in [3.05, 3.63) is 46.7 Å². The van der Waals surface area contributed by atoms with Gasteiger partial charge < -0.3 is 15.0 Å². The van der Waals surface area contributed by atoms with Gasteiger partial charge in [0.05, 0.1) is 18.8 Å². The largest absolute Gasteiger partial charge is 0.493 e. The molecule has 0 radical (unpaired) electrons. The van der Waals surface area contributed by atoms with Crippen molar-refractivity contribution in [1.82, 2.24) is 20.4 Å². The summed E-state index contributed by atoms with van der Waals surface area (Å²) in [5.74, 6) is 0.744. The molecule has 0 saturated carbocycles. The second kappa shape index (κ2) is 8.90. The van der Waals surface area contributed by atoms with Gasteiger partial charge in [-0.3, -0.25) is 14.7 Å². The van der Waals surface area contributed by atoms with Gasteiger partial charge in [-0.05, 0) is 36.8 Å². The first-order valence-electron chi connectivity index (χ1n) is 8.96. The third-order valence-electron chi connectivity index (χ3n) is 4.55. The molecule has 1 aromatic carbocycles. The second-order valence-electron chi connectivity index (χ2n) is 6.61. The number of benzene rings is 1. The van der Waals surface area contributed by atoms with Crippen LogP contribution in [0.5, 0.6) is 5.75 Å². The SMILES string of the molecule is CC(=O)NCC(=O)N1CC[C@H](c2cc(CCOc3ccc(Cl)cc3)[nH]n2)C1. The van der Waals surface area contributed by atoms with Crippen LogP contribution in [0.4, 0.5) is 0 Å². The summed E-state index contributed by atoms with van der Waals surface area (Å²) in [5, 5.41) is 10.7. The summed E-state index contributed by atoms with van der Waals surface area (Å²) in [6, 6.07) is 9.31. The van der Waals surface area contributed by atoms with Crippen LogP contribution in [0.2, 0.25) is 5.02 Å². The molecule has 3 rings (SSSR count). The van der Waals surface area contributed by atoms with Crippen LogP contribution in [-0.4, -0.2) is 53.2 Å². The van der Waals surface area contributed by atoms with Crippen LogP contribution in [0.25, 0.3) is 0 Å². The maximum atomic E-state index is 12.1. The zero-order chi connectivity index (χ0) is 19.2. The Morgan fingerprint density at radius 2 is 2.15 bits per heavy atom. The summed E-state index contributed by atoms with van der Waals surface area (Å²) in [6.45, 7) is 3.31. The Morgan fingerprint density at radius 3 is 2.89 bits per heavy atom. The lowest BCUT2D eigenvalue weighted by Gasteiger charge is -2.16. The summed E-state index contributed by atoms with van der Waals surface area (Å²) in [7, 11) is 0. The standard InChI is InChI=1S/C19H23ClN4O3/c1-13(25)21-11-19(26)24-8-6-14(12-24)18-10-16(22-23-18)7-9-27-17-4-2-15(20)3-5-17/h2-5,10,14H,6-9,11-12H2,1H3,(H,21,25)(H,22,23)/t14-/m0/s1. The summed E-state index contributed by atoms with van der Waals surface area (Å²) in [5.41, 5.74) is 1.97. The lowest BCUT2D eigenvalue weighted by atomic mass is 10.0. The summed E-state index contributed by atoms with van der Waals surface area (Å²) >= 11 is 5.86.